The van der Waals surface area contributed by atoms with Crippen LogP contribution >= 0.6 is 23.1 Å². The molecule has 3 rings (SSSR count). The molecule has 2 aromatic rings. The SMILES string of the molecule is CC(=O)CCCSc1nc2sc3c(c2c(=O)n1CCCN(C)C)CCCC3. The smallest absolute Gasteiger partial charge is 0.263 e. The van der Waals surface area contributed by atoms with Gasteiger partial charge >= 0.3 is 0 Å². The van der Waals surface area contributed by atoms with Crippen molar-refractivity contribution in [3.05, 3.63) is 20.8 Å². The molecule has 0 N–H and O–H groups in total. The summed E-state index contributed by atoms with van der Waals surface area (Å²) in [5, 5.41) is 1.68. The molecule has 2 heterocycles. The van der Waals surface area contributed by atoms with Crippen LogP contribution in [-0.2, 0) is 24.2 Å². The van der Waals surface area contributed by atoms with Crippen LogP contribution in [0.5, 0.6) is 0 Å². The third kappa shape index (κ3) is 5.00. The Kier molecular flexibility index (Phi) is 7.11. The summed E-state index contributed by atoms with van der Waals surface area (Å²) in [5.74, 6) is 1.03. The molecule has 0 aliphatic heterocycles. The van der Waals surface area contributed by atoms with Crippen LogP contribution in [0.25, 0.3) is 10.2 Å². The van der Waals surface area contributed by atoms with Crippen LogP contribution in [0.4, 0.5) is 0 Å². The summed E-state index contributed by atoms with van der Waals surface area (Å²) in [4.78, 5) is 33.8. The van der Waals surface area contributed by atoms with Gasteiger partial charge < -0.3 is 9.69 Å². The van der Waals surface area contributed by atoms with Gasteiger partial charge in [0.15, 0.2) is 5.16 Å². The summed E-state index contributed by atoms with van der Waals surface area (Å²) in [6, 6.07) is 0. The Hall–Kier alpha value is -1.18. The number of thiophene rings is 1. The van der Waals surface area contributed by atoms with Gasteiger partial charge in [0.2, 0.25) is 0 Å². The number of Topliss-reactive ketones (excluding diaryl/α,β-unsaturated/α-hetero) is 1. The van der Waals surface area contributed by atoms with Crippen LogP contribution in [0.15, 0.2) is 9.95 Å². The van der Waals surface area contributed by atoms with Gasteiger partial charge in [0.25, 0.3) is 5.56 Å². The van der Waals surface area contributed by atoms with E-state index in [-0.39, 0.29) is 11.3 Å². The monoisotopic (exact) mass is 407 g/mol. The molecule has 1 aliphatic carbocycles. The van der Waals surface area contributed by atoms with Crippen molar-refractivity contribution in [2.24, 2.45) is 0 Å². The minimum atomic E-state index is 0.132. The Labute approximate surface area is 169 Å². The molecule has 148 valence electrons. The van der Waals surface area contributed by atoms with E-state index in [1.807, 2.05) is 4.57 Å². The fourth-order valence-corrected chi connectivity index (χ4v) is 5.82. The van der Waals surface area contributed by atoms with Crippen LogP contribution < -0.4 is 5.56 Å². The van der Waals surface area contributed by atoms with Gasteiger partial charge in [0, 0.05) is 23.6 Å². The van der Waals surface area contributed by atoms with E-state index >= 15 is 0 Å². The molecule has 0 bridgehead atoms. The second-order valence-corrected chi connectivity index (χ2v) is 9.70. The maximum Gasteiger partial charge on any atom is 0.263 e. The number of rotatable bonds is 9. The summed E-state index contributed by atoms with van der Waals surface area (Å²) >= 11 is 3.32. The van der Waals surface area contributed by atoms with E-state index in [1.165, 1.54) is 23.3 Å². The Morgan fingerprint density at radius 1 is 1.26 bits per heavy atom. The lowest BCUT2D eigenvalue weighted by Crippen LogP contribution is -2.26. The summed E-state index contributed by atoms with van der Waals surface area (Å²) in [6.07, 6.45) is 6.81. The second-order valence-electron chi connectivity index (χ2n) is 7.55. The topological polar surface area (TPSA) is 55.2 Å². The van der Waals surface area contributed by atoms with Gasteiger partial charge in [0.1, 0.15) is 10.6 Å². The van der Waals surface area contributed by atoms with E-state index in [0.717, 1.165) is 53.4 Å². The summed E-state index contributed by atoms with van der Waals surface area (Å²) in [6.45, 7) is 3.27. The van der Waals surface area contributed by atoms with Crippen LogP contribution in [0, 0.1) is 0 Å². The van der Waals surface area contributed by atoms with Gasteiger partial charge in [0.05, 0.1) is 5.39 Å². The molecule has 0 saturated heterocycles. The highest BCUT2D eigenvalue weighted by molar-refractivity contribution is 7.99. The van der Waals surface area contributed by atoms with Crippen molar-refractivity contribution >= 4 is 39.1 Å². The first-order valence-electron chi connectivity index (χ1n) is 9.79. The highest BCUT2D eigenvalue weighted by atomic mass is 32.2. The average Bonchev–Trinajstić information content (AvgIpc) is 2.99. The number of carbonyl (C=O) groups is 1. The number of aryl methyl sites for hydroxylation is 2. The van der Waals surface area contributed by atoms with Gasteiger partial charge in [-0.25, -0.2) is 4.98 Å². The van der Waals surface area contributed by atoms with E-state index in [1.54, 1.807) is 30.0 Å². The summed E-state index contributed by atoms with van der Waals surface area (Å²) < 4.78 is 1.88. The molecule has 0 saturated carbocycles. The van der Waals surface area contributed by atoms with Gasteiger partial charge in [-0.3, -0.25) is 9.36 Å². The van der Waals surface area contributed by atoms with Crippen molar-refractivity contribution in [1.82, 2.24) is 14.5 Å². The van der Waals surface area contributed by atoms with Gasteiger partial charge in [-0.05, 0) is 71.7 Å². The fraction of sp³-hybridized carbons (Fsp3) is 0.650. The molecular formula is C20H29N3O2S2. The third-order valence-corrected chi connectivity index (χ3v) is 7.18. The quantitative estimate of drug-likeness (QED) is 0.360. The van der Waals surface area contributed by atoms with Crippen LogP contribution in [0.2, 0.25) is 0 Å². The van der Waals surface area contributed by atoms with E-state index in [0.29, 0.717) is 13.0 Å². The zero-order valence-electron chi connectivity index (χ0n) is 16.5. The van der Waals surface area contributed by atoms with Crippen LogP contribution in [0.3, 0.4) is 0 Å². The van der Waals surface area contributed by atoms with Crippen molar-refractivity contribution in [2.75, 3.05) is 26.4 Å². The maximum absolute atomic E-state index is 13.3. The van der Waals surface area contributed by atoms with E-state index in [2.05, 4.69) is 19.0 Å². The number of thioether (sulfide) groups is 1. The van der Waals surface area contributed by atoms with Crippen LogP contribution in [-0.4, -0.2) is 46.6 Å². The van der Waals surface area contributed by atoms with Crippen molar-refractivity contribution in [2.45, 2.75) is 63.6 Å². The van der Waals surface area contributed by atoms with Crippen molar-refractivity contribution in [3.8, 4) is 0 Å². The molecule has 0 aromatic carbocycles. The summed E-state index contributed by atoms with van der Waals surface area (Å²) in [7, 11) is 4.10. The largest absolute Gasteiger partial charge is 0.309 e. The third-order valence-electron chi connectivity index (χ3n) is 4.93. The predicted molar refractivity (Wildman–Crippen MR) is 114 cm³/mol. The number of fused-ring (bicyclic) bond motifs is 3. The molecule has 0 amide bonds. The average molecular weight is 408 g/mol. The molecule has 0 spiro atoms. The van der Waals surface area contributed by atoms with Crippen molar-refractivity contribution in [1.29, 1.82) is 0 Å². The zero-order valence-corrected chi connectivity index (χ0v) is 18.2. The fourth-order valence-electron chi connectivity index (χ4n) is 3.56. The lowest BCUT2D eigenvalue weighted by molar-refractivity contribution is -0.117. The molecule has 0 radical (unpaired) electrons. The first kappa shape index (κ1) is 20.6. The maximum atomic E-state index is 13.3. The molecule has 5 nitrogen and oxygen atoms in total. The molecule has 0 unspecified atom stereocenters. The normalized spacial score (nSPS) is 14.1. The van der Waals surface area contributed by atoms with Gasteiger partial charge in [-0.2, -0.15) is 0 Å². The van der Waals surface area contributed by atoms with Gasteiger partial charge in [-0.1, -0.05) is 11.8 Å². The molecular weight excluding hydrogens is 378 g/mol. The molecule has 0 atom stereocenters. The Balaban J connectivity index is 1.92. The first-order chi connectivity index (χ1) is 13.0. The number of aromatic nitrogens is 2. The number of hydrogen-bond acceptors (Lipinski definition) is 6. The van der Waals surface area contributed by atoms with Crippen LogP contribution in [0.1, 0.15) is 49.5 Å². The van der Waals surface area contributed by atoms with Crippen molar-refractivity contribution in [3.63, 3.8) is 0 Å². The molecule has 27 heavy (non-hydrogen) atoms. The minimum Gasteiger partial charge on any atom is -0.309 e. The van der Waals surface area contributed by atoms with E-state index in [4.69, 9.17) is 4.98 Å². The molecule has 2 aromatic heterocycles. The zero-order chi connectivity index (χ0) is 19.4. The Bertz CT molecular complexity index is 870. The molecule has 7 heteroatoms. The Morgan fingerprint density at radius 2 is 2.04 bits per heavy atom. The number of ketones is 1. The molecule has 0 fully saturated rings. The minimum absolute atomic E-state index is 0.132. The van der Waals surface area contributed by atoms with Crippen molar-refractivity contribution < 1.29 is 4.79 Å². The lowest BCUT2D eigenvalue weighted by atomic mass is 9.97. The Morgan fingerprint density at radius 3 is 2.78 bits per heavy atom. The standard InChI is InChI=1S/C20H29N3O2S2/c1-14(24)8-6-13-26-20-21-18-17(15-9-4-5-10-16(15)27-18)19(25)23(20)12-7-11-22(2)3/h4-13H2,1-3H3. The van der Waals surface area contributed by atoms with Gasteiger partial charge in [-0.15, -0.1) is 11.3 Å². The lowest BCUT2D eigenvalue weighted by Gasteiger charge is -2.15. The number of carbonyl (C=O) groups excluding carboxylic acids is 1. The number of nitrogens with zero attached hydrogens (tertiary/aromatic N) is 3. The second kappa shape index (κ2) is 9.34. The predicted octanol–water partition coefficient (Wildman–Crippen LogP) is 3.75. The summed E-state index contributed by atoms with van der Waals surface area (Å²) in [5.41, 5.74) is 1.39. The number of hydrogen-bond donors (Lipinski definition) is 0. The highest BCUT2D eigenvalue weighted by Gasteiger charge is 2.22. The molecule has 1 aliphatic rings. The highest BCUT2D eigenvalue weighted by Crippen LogP contribution is 2.34. The first-order valence-corrected chi connectivity index (χ1v) is 11.6. The van der Waals surface area contributed by atoms with E-state index < -0.39 is 0 Å². The van der Waals surface area contributed by atoms with E-state index in [9.17, 15) is 9.59 Å².